The molecule has 0 saturated carbocycles. The van der Waals surface area contributed by atoms with Crippen LogP contribution in [0.25, 0.3) is 0 Å². The van der Waals surface area contributed by atoms with E-state index in [2.05, 4.69) is 20.5 Å². The Labute approximate surface area is 190 Å². The summed E-state index contributed by atoms with van der Waals surface area (Å²) in [5.41, 5.74) is 2.21. The lowest BCUT2D eigenvalue weighted by molar-refractivity contribution is 0.0925. The summed E-state index contributed by atoms with van der Waals surface area (Å²) in [6.07, 6.45) is 4.65. The van der Waals surface area contributed by atoms with Crippen LogP contribution in [-0.2, 0) is 6.54 Å². The predicted octanol–water partition coefficient (Wildman–Crippen LogP) is 3.69. The van der Waals surface area contributed by atoms with Crippen molar-refractivity contribution in [1.82, 2.24) is 15.6 Å². The molecule has 2 heterocycles. The molecule has 1 aliphatic rings. The third-order valence-electron chi connectivity index (χ3n) is 5.70. The van der Waals surface area contributed by atoms with Gasteiger partial charge >= 0.3 is 0 Å². The van der Waals surface area contributed by atoms with E-state index in [1.165, 1.54) is 0 Å². The average Bonchev–Trinajstić information content (AvgIpc) is 2.83. The van der Waals surface area contributed by atoms with Gasteiger partial charge in [0.25, 0.3) is 11.8 Å². The van der Waals surface area contributed by atoms with E-state index in [0.717, 1.165) is 23.4 Å². The highest BCUT2D eigenvalue weighted by molar-refractivity contribution is 5.99. The van der Waals surface area contributed by atoms with Crippen LogP contribution in [0, 0.1) is 11.6 Å². The van der Waals surface area contributed by atoms with E-state index in [-0.39, 0.29) is 17.5 Å². The van der Waals surface area contributed by atoms with Crippen molar-refractivity contribution in [2.45, 2.75) is 25.4 Å². The maximum absolute atomic E-state index is 13.9. The van der Waals surface area contributed by atoms with Gasteiger partial charge in [-0.1, -0.05) is 12.1 Å². The smallest absolute Gasteiger partial charge is 0.254 e. The molecular formula is C25H24F2N4O2. The summed E-state index contributed by atoms with van der Waals surface area (Å²) >= 11 is 0. The lowest BCUT2D eigenvalue weighted by atomic mass is 10.0. The van der Waals surface area contributed by atoms with Crippen molar-refractivity contribution in [3.63, 3.8) is 0 Å². The maximum Gasteiger partial charge on any atom is 0.254 e. The van der Waals surface area contributed by atoms with E-state index in [9.17, 15) is 18.4 Å². The first kappa shape index (κ1) is 22.4. The first-order chi connectivity index (χ1) is 16.0. The highest BCUT2D eigenvalue weighted by Crippen LogP contribution is 2.25. The largest absolute Gasteiger partial charge is 0.371 e. The van der Waals surface area contributed by atoms with Crippen LogP contribution >= 0.6 is 0 Å². The second kappa shape index (κ2) is 10.2. The first-order valence-corrected chi connectivity index (χ1v) is 10.8. The lowest BCUT2D eigenvalue weighted by Crippen LogP contribution is -2.45. The second-order valence-electron chi connectivity index (χ2n) is 7.91. The standard InChI is InChI=1S/C25H24F2N4O2/c26-18-5-6-20(22(27)15-18)25(33)30-19-9-13-31(14-10-19)23-4-2-1-3-21(23)24(32)29-16-17-7-11-28-12-8-17/h1-8,11-12,15,19H,9-10,13-14,16H2,(H,29,32)(H,30,33). The number of nitrogens with zero attached hydrogens (tertiary/aromatic N) is 2. The lowest BCUT2D eigenvalue weighted by Gasteiger charge is -2.35. The minimum Gasteiger partial charge on any atom is -0.371 e. The Morgan fingerprint density at radius 2 is 1.67 bits per heavy atom. The summed E-state index contributed by atoms with van der Waals surface area (Å²) in [5.74, 6) is -2.32. The number of carbonyl (C=O) groups is 2. The minimum atomic E-state index is -0.878. The van der Waals surface area contributed by atoms with Crippen molar-refractivity contribution < 1.29 is 18.4 Å². The van der Waals surface area contributed by atoms with Crippen LogP contribution < -0.4 is 15.5 Å². The molecule has 0 bridgehead atoms. The normalized spacial score (nSPS) is 14.1. The van der Waals surface area contributed by atoms with Gasteiger partial charge in [-0.05, 0) is 54.8 Å². The van der Waals surface area contributed by atoms with E-state index < -0.39 is 17.5 Å². The molecule has 0 spiro atoms. The molecule has 1 aliphatic heterocycles. The molecule has 6 nitrogen and oxygen atoms in total. The predicted molar refractivity (Wildman–Crippen MR) is 121 cm³/mol. The number of halogens is 2. The van der Waals surface area contributed by atoms with Gasteiger partial charge in [-0.3, -0.25) is 14.6 Å². The highest BCUT2D eigenvalue weighted by atomic mass is 19.1. The van der Waals surface area contributed by atoms with Crippen molar-refractivity contribution in [2.75, 3.05) is 18.0 Å². The SMILES string of the molecule is O=C(NC1CCN(c2ccccc2C(=O)NCc2ccncc2)CC1)c1ccc(F)cc1F. The van der Waals surface area contributed by atoms with Gasteiger partial charge < -0.3 is 15.5 Å². The molecule has 1 saturated heterocycles. The number of amides is 2. The Balaban J connectivity index is 1.36. The third kappa shape index (κ3) is 5.52. The van der Waals surface area contributed by atoms with Crippen LogP contribution in [0.4, 0.5) is 14.5 Å². The minimum absolute atomic E-state index is 0.133. The fraction of sp³-hybridized carbons (Fsp3) is 0.240. The van der Waals surface area contributed by atoms with Crippen molar-refractivity contribution in [3.8, 4) is 0 Å². The fourth-order valence-electron chi connectivity index (χ4n) is 3.92. The topological polar surface area (TPSA) is 74.3 Å². The molecule has 170 valence electrons. The van der Waals surface area contributed by atoms with Crippen molar-refractivity contribution in [1.29, 1.82) is 0 Å². The fourth-order valence-corrected chi connectivity index (χ4v) is 3.92. The molecule has 0 aliphatic carbocycles. The summed E-state index contributed by atoms with van der Waals surface area (Å²) < 4.78 is 27.0. The number of carbonyl (C=O) groups excluding carboxylic acids is 2. The maximum atomic E-state index is 13.9. The third-order valence-corrected chi connectivity index (χ3v) is 5.70. The summed E-state index contributed by atoms with van der Waals surface area (Å²) in [6.45, 7) is 1.67. The van der Waals surface area contributed by atoms with Crippen molar-refractivity contribution in [3.05, 3.63) is 95.3 Å². The highest BCUT2D eigenvalue weighted by Gasteiger charge is 2.25. The molecular weight excluding hydrogens is 426 g/mol. The van der Waals surface area contributed by atoms with Gasteiger partial charge in [0.05, 0.1) is 11.1 Å². The number of anilines is 1. The average molecular weight is 450 g/mol. The van der Waals surface area contributed by atoms with Crippen molar-refractivity contribution >= 4 is 17.5 Å². The number of para-hydroxylation sites is 1. The van der Waals surface area contributed by atoms with Gasteiger partial charge in [0.1, 0.15) is 11.6 Å². The molecule has 4 rings (SSSR count). The van der Waals surface area contributed by atoms with Gasteiger partial charge in [0, 0.05) is 49.8 Å². The van der Waals surface area contributed by atoms with Gasteiger partial charge in [-0.2, -0.15) is 0 Å². The van der Waals surface area contributed by atoms with E-state index >= 15 is 0 Å². The Morgan fingerprint density at radius 3 is 2.39 bits per heavy atom. The van der Waals surface area contributed by atoms with E-state index in [0.29, 0.717) is 44.1 Å². The molecule has 3 aromatic rings. The van der Waals surface area contributed by atoms with Crippen LogP contribution in [0.15, 0.2) is 67.0 Å². The molecule has 1 fully saturated rings. The number of hydrogen-bond donors (Lipinski definition) is 2. The van der Waals surface area contributed by atoms with Crippen LogP contribution in [0.1, 0.15) is 39.1 Å². The second-order valence-corrected chi connectivity index (χ2v) is 7.91. The molecule has 2 N–H and O–H groups in total. The monoisotopic (exact) mass is 450 g/mol. The Morgan fingerprint density at radius 1 is 0.939 bits per heavy atom. The van der Waals surface area contributed by atoms with Crippen LogP contribution in [0.3, 0.4) is 0 Å². The number of hydrogen-bond acceptors (Lipinski definition) is 4. The zero-order valence-corrected chi connectivity index (χ0v) is 17.9. The van der Waals surface area contributed by atoms with Gasteiger partial charge in [0.15, 0.2) is 0 Å². The zero-order chi connectivity index (χ0) is 23.2. The quantitative estimate of drug-likeness (QED) is 0.601. The Hall–Kier alpha value is -3.81. The molecule has 0 radical (unpaired) electrons. The Bertz CT molecular complexity index is 1130. The van der Waals surface area contributed by atoms with Crippen LogP contribution in [0.2, 0.25) is 0 Å². The van der Waals surface area contributed by atoms with Gasteiger partial charge in [-0.25, -0.2) is 8.78 Å². The van der Waals surface area contributed by atoms with Gasteiger partial charge in [-0.15, -0.1) is 0 Å². The molecule has 2 amide bonds. The van der Waals surface area contributed by atoms with E-state index in [1.54, 1.807) is 18.5 Å². The molecule has 33 heavy (non-hydrogen) atoms. The number of rotatable bonds is 6. The zero-order valence-electron chi connectivity index (χ0n) is 17.9. The van der Waals surface area contributed by atoms with E-state index in [4.69, 9.17) is 0 Å². The molecule has 0 unspecified atom stereocenters. The number of nitrogens with one attached hydrogen (secondary N) is 2. The number of piperidine rings is 1. The summed E-state index contributed by atoms with van der Waals surface area (Å²) in [4.78, 5) is 31.3. The first-order valence-electron chi connectivity index (χ1n) is 10.8. The van der Waals surface area contributed by atoms with E-state index in [1.807, 2.05) is 30.3 Å². The molecule has 1 aromatic heterocycles. The number of benzene rings is 2. The summed E-state index contributed by atoms with van der Waals surface area (Å²) in [7, 11) is 0. The molecule has 2 aromatic carbocycles. The Kier molecular flexibility index (Phi) is 6.92. The van der Waals surface area contributed by atoms with Crippen LogP contribution in [-0.4, -0.2) is 35.9 Å². The molecule has 8 heteroatoms. The molecule has 0 atom stereocenters. The summed E-state index contributed by atoms with van der Waals surface area (Å²) in [6, 6.07) is 13.9. The van der Waals surface area contributed by atoms with Crippen molar-refractivity contribution in [2.24, 2.45) is 0 Å². The van der Waals surface area contributed by atoms with Crippen LogP contribution in [0.5, 0.6) is 0 Å². The summed E-state index contributed by atoms with van der Waals surface area (Å²) in [5, 5.41) is 5.78. The van der Waals surface area contributed by atoms with Gasteiger partial charge in [0.2, 0.25) is 0 Å². The number of pyridine rings is 1. The number of aromatic nitrogens is 1.